The molecule has 0 amide bonds. The van der Waals surface area contributed by atoms with Crippen LogP contribution in [0.5, 0.6) is 0 Å². The minimum atomic E-state index is -1.31. The third kappa shape index (κ3) is 2.90. The number of rotatable bonds is 4. The molecule has 0 N–H and O–H groups in total. The average Bonchev–Trinajstić information content (AvgIpc) is 2.94. The first-order chi connectivity index (χ1) is 9.13. The number of carbonyl (C=O) groups excluding carboxylic acids is 2. The largest absolute Gasteiger partial charge is 0.292 e. The molecule has 2 aromatic rings. The van der Waals surface area contributed by atoms with E-state index in [1.807, 2.05) is 0 Å². The van der Waals surface area contributed by atoms with Gasteiger partial charge in [0.05, 0.1) is 10.9 Å². The lowest BCUT2D eigenvalue weighted by molar-refractivity contribution is 0.0848. The Morgan fingerprint density at radius 2 is 1.84 bits per heavy atom. The fraction of sp³-hybridized carbons (Fsp3) is 0.0714. The highest BCUT2D eigenvalue weighted by Gasteiger charge is 2.28. The first kappa shape index (κ1) is 13.5. The van der Waals surface area contributed by atoms with Crippen molar-refractivity contribution in [1.82, 2.24) is 0 Å². The van der Waals surface area contributed by atoms with Gasteiger partial charge in [0.2, 0.25) is 0 Å². The molecule has 1 heterocycles. The molecular weight excluding hydrogens is 282 g/mol. The molecule has 1 atom stereocenters. The van der Waals surface area contributed by atoms with Gasteiger partial charge in [0.1, 0.15) is 0 Å². The second kappa shape index (κ2) is 5.79. The van der Waals surface area contributed by atoms with Gasteiger partial charge in [-0.3, -0.25) is 9.59 Å². The quantitative estimate of drug-likeness (QED) is 0.638. The van der Waals surface area contributed by atoms with Gasteiger partial charge in [-0.2, -0.15) is 5.26 Å². The molecule has 0 aliphatic carbocycles. The molecule has 0 radical (unpaired) electrons. The van der Waals surface area contributed by atoms with Crippen LogP contribution in [-0.2, 0) is 0 Å². The Labute approximate surface area is 119 Å². The second-order valence-electron chi connectivity index (χ2n) is 3.77. The molecule has 0 aliphatic heterocycles. The molecule has 1 aromatic heterocycles. The Morgan fingerprint density at radius 1 is 1.16 bits per heavy atom. The van der Waals surface area contributed by atoms with Crippen molar-refractivity contribution in [1.29, 1.82) is 5.26 Å². The van der Waals surface area contributed by atoms with Crippen LogP contribution in [-0.4, -0.2) is 11.6 Å². The normalized spacial score (nSPS) is 11.6. The van der Waals surface area contributed by atoms with Gasteiger partial charge in [-0.05, 0) is 35.7 Å². The summed E-state index contributed by atoms with van der Waals surface area (Å²) in [5.41, 5.74) is 0.306. The predicted molar refractivity (Wildman–Crippen MR) is 73.5 cm³/mol. The van der Waals surface area contributed by atoms with Crippen LogP contribution in [0.4, 0.5) is 0 Å². The molecule has 0 bridgehead atoms. The Bertz CT molecular complexity index is 641. The minimum absolute atomic E-state index is 0.306. The van der Waals surface area contributed by atoms with E-state index in [0.717, 1.165) is 0 Å². The van der Waals surface area contributed by atoms with Crippen molar-refractivity contribution in [2.24, 2.45) is 5.92 Å². The number of ketones is 2. The van der Waals surface area contributed by atoms with Crippen LogP contribution in [0.2, 0.25) is 5.02 Å². The molecular formula is C14H8ClNO2S. The lowest BCUT2D eigenvalue weighted by Crippen LogP contribution is -2.22. The van der Waals surface area contributed by atoms with Crippen LogP contribution >= 0.6 is 22.9 Å². The zero-order chi connectivity index (χ0) is 13.8. The van der Waals surface area contributed by atoms with Gasteiger partial charge in [0.25, 0.3) is 0 Å². The van der Waals surface area contributed by atoms with Gasteiger partial charge in [-0.25, -0.2) is 0 Å². The first-order valence-corrected chi connectivity index (χ1v) is 6.66. The Hall–Kier alpha value is -1.96. The van der Waals surface area contributed by atoms with Gasteiger partial charge < -0.3 is 0 Å². The van der Waals surface area contributed by atoms with Crippen LogP contribution in [0, 0.1) is 17.2 Å². The number of Topliss-reactive ketones (excluding diaryl/α,β-unsaturated/α-hetero) is 2. The predicted octanol–water partition coefficient (Wildman–Crippen LogP) is 3.61. The summed E-state index contributed by atoms with van der Waals surface area (Å²) in [4.78, 5) is 24.6. The van der Waals surface area contributed by atoms with Crippen molar-refractivity contribution < 1.29 is 9.59 Å². The monoisotopic (exact) mass is 289 g/mol. The van der Waals surface area contributed by atoms with Crippen molar-refractivity contribution in [2.75, 3.05) is 0 Å². The highest BCUT2D eigenvalue weighted by molar-refractivity contribution is 7.12. The summed E-state index contributed by atoms with van der Waals surface area (Å²) in [6.45, 7) is 0. The van der Waals surface area contributed by atoms with Gasteiger partial charge in [-0.15, -0.1) is 11.3 Å². The summed E-state index contributed by atoms with van der Waals surface area (Å²) in [7, 11) is 0. The number of halogens is 1. The van der Waals surface area contributed by atoms with Crippen molar-refractivity contribution in [3.05, 3.63) is 57.2 Å². The molecule has 5 heteroatoms. The van der Waals surface area contributed by atoms with Crippen molar-refractivity contribution in [2.45, 2.75) is 0 Å². The fourth-order valence-electron chi connectivity index (χ4n) is 1.58. The van der Waals surface area contributed by atoms with E-state index in [1.165, 1.54) is 23.5 Å². The maximum Gasteiger partial charge on any atom is 0.197 e. The van der Waals surface area contributed by atoms with Gasteiger partial charge in [-0.1, -0.05) is 17.7 Å². The molecule has 3 nitrogen and oxygen atoms in total. The van der Waals surface area contributed by atoms with Crippen molar-refractivity contribution >= 4 is 34.5 Å². The Morgan fingerprint density at radius 3 is 2.37 bits per heavy atom. The molecule has 0 spiro atoms. The number of benzene rings is 1. The van der Waals surface area contributed by atoms with Crippen molar-refractivity contribution in [3.8, 4) is 6.07 Å². The summed E-state index contributed by atoms with van der Waals surface area (Å²) >= 11 is 6.95. The summed E-state index contributed by atoms with van der Waals surface area (Å²) in [6.07, 6.45) is 0. The van der Waals surface area contributed by atoms with Crippen LogP contribution in [0.3, 0.4) is 0 Å². The van der Waals surface area contributed by atoms with Gasteiger partial charge >= 0.3 is 0 Å². The smallest absolute Gasteiger partial charge is 0.197 e. The zero-order valence-corrected chi connectivity index (χ0v) is 11.2. The number of thiophene rings is 1. The third-order valence-electron chi connectivity index (χ3n) is 2.55. The van der Waals surface area contributed by atoms with Gasteiger partial charge in [0, 0.05) is 10.6 Å². The number of nitrogens with zero attached hydrogens (tertiary/aromatic N) is 1. The molecule has 0 fully saturated rings. The Balaban J connectivity index is 2.28. The first-order valence-electron chi connectivity index (χ1n) is 5.40. The van der Waals surface area contributed by atoms with E-state index in [4.69, 9.17) is 16.9 Å². The highest BCUT2D eigenvalue weighted by atomic mass is 35.5. The fourth-order valence-corrected chi connectivity index (χ4v) is 2.40. The summed E-state index contributed by atoms with van der Waals surface area (Å²) in [6, 6.07) is 11.2. The topological polar surface area (TPSA) is 57.9 Å². The molecule has 0 saturated heterocycles. The van der Waals surface area contributed by atoms with E-state index >= 15 is 0 Å². The van der Waals surface area contributed by atoms with Crippen LogP contribution in [0.15, 0.2) is 41.8 Å². The third-order valence-corrected chi connectivity index (χ3v) is 3.68. The van der Waals surface area contributed by atoms with Crippen LogP contribution in [0.1, 0.15) is 20.0 Å². The number of hydrogen-bond acceptors (Lipinski definition) is 4. The van der Waals surface area contributed by atoms with E-state index in [0.29, 0.717) is 15.5 Å². The summed E-state index contributed by atoms with van der Waals surface area (Å²) < 4.78 is 0. The van der Waals surface area contributed by atoms with E-state index < -0.39 is 17.5 Å². The number of carbonyl (C=O) groups is 2. The SMILES string of the molecule is N#C[C@@H](C(=O)c1ccc(Cl)cc1)C(=O)c1cccs1. The lowest BCUT2D eigenvalue weighted by atomic mass is 9.94. The van der Waals surface area contributed by atoms with Crippen LogP contribution in [0.25, 0.3) is 0 Å². The molecule has 94 valence electrons. The van der Waals surface area contributed by atoms with E-state index in [9.17, 15) is 9.59 Å². The van der Waals surface area contributed by atoms with E-state index in [-0.39, 0.29) is 0 Å². The van der Waals surface area contributed by atoms with Crippen LogP contribution < -0.4 is 0 Å². The average molecular weight is 290 g/mol. The number of hydrogen-bond donors (Lipinski definition) is 0. The molecule has 0 saturated carbocycles. The lowest BCUT2D eigenvalue weighted by Gasteiger charge is -2.06. The zero-order valence-electron chi connectivity index (χ0n) is 9.67. The maximum absolute atomic E-state index is 12.1. The maximum atomic E-state index is 12.1. The van der Waals surface area contributed by atoms with Crippen molar-refractivity contribution in [3.63, 3.8) is 0 Å². The number of nitriles is 1. The molecule has 19 heavy (non-hydrogen) atoms. The molecule has 2 rings (SSSR count). The minimum Gasteiger partial charge on any atom is -0.292 e. The van der Waals surface area contributed by atoms with E-state index in [1.54, 1.807) is 35.7 Å². The summed E-state index contributed by atoms with van der Waals surface area (Å²) in [5.74, 6) is -2.27. The Kier molecular flexibility index (Phi) is 4.10. The molecule has 0 unspecified atom stereocenters. The highest BCUT2D eigenvalue weighted by Crippen LogP contribution is 2.19. The standard InChI is InChI=1S/C14H8ClNO2S/c15-10-5-3-9(4-6-10)13(17)11(8-16)14(18)12-2-1-7-19-12/h1-7,11H/t11-/m0/s1. The summed E-state index contributed by atoms with van der Waals surface area (Å²) in [5, 5.41) is 11.3. The van der Waals surface area contributed by atoms with Gasteiger partial charge in [0.15, 0.2) is 17.5 Å². The molecule has 1 aromatic carbocycles. The molecule has 0 aliphatic rings. The second-order valence-corrected chi connectivity index (χ2v) is 5.16. The van der Waals surface area contributed by atoms with E-state index in [2.05, 4.69) is 0 Å².